The zero-order valence-corrected chi connectivity index (χ0v) is 14.0. The molecule has 1 amide bonds. The van der Waals surface area contributed by atoms with Gasteiger partial charge in [-0.3, -0.25) is 4.79 Å². The Morgan fingerprint density at radius 2 is 1.74 bits per heavy atom. The second-order valence-electron chi connectivity index (χ2n) is 6.94. The van der Waals surface area contributed by atoms with E-state index in [1.807, 2.05) is 30.3 Å². The third-order valence-electron chi connectivity index (χ3n) is 4.98. The number of aliphatic carboxylic acids is 1. The van der Waals surface area contributed by atoms with Gasteiger partial charge in [-0.1, -0.05) is 44.2 Å². The highest BCUT2D eigenvalue weighted by atomic mass is 16.4. The van der Waals surface area contributed by atoms with Crippen LogP contribution in [-0.2, 0) is 16.0 Å². The summed E-state index contributed by atoms with van der Waals surface area (Å²) in [5, 5.41) is 12.1. The SMILES string of the molecule is CC(C)[C@H]1CC[C@@H](C(=O)N[C@@H](Cc2ccccc2)C(=O)O)CC1. The standard InChI is InChI=1S/C19H27NO3/c1-13(2)15-8-10-16(11-9-15)18(21)20-17(19(22)23)12-14-6-4-3-5-7-14/h3-7,13,15-17H,8-12H2,1-2H3,(H,20,21)(H,22,23)/t15-,16+,17-/m0/s1. The van der Waals surface area contributed by atoms with Crippen LogP contribution in [0.1, 0.15) is 45.1 Å². The monoisotopic (exact) mass is 317 g/mol. The summed E-state index contributed by atoms with van der Waals surface area (Å²) in [7, 11) is 0. The summed E-state index contributed by atoms with van der Waals surface area (Å²) >= 11 is 0. The lowest BCUT2D eigenvalue weighted by molar-refractivity contribution is -0.142. The number of amides is 1. The van der Waals surface area contributed by atoms with Gasteiger partial charge in [0, 0.05) is 12.3 Å². The Balaban J connectivity index is 1.90. The first-order valence-electron chi connectivity index (χ1n) is 8.54. The molecule has 0 unspecified atom stereocenters. The van der Waals surface area contributed by atoms with Crippen molar-refractivity contribution in [2.45, 2.75) is 52.0 Å². The van der Waals surface area contributed by atoms with Gasteiger partial charge in [0.1, 0.15) is 6.04 Å². The van der Waals surface area contributed by atoms with Crippen LogP contribution in [-0.4, -0.2) is 23.0 Å². The van der Waals surface area contributed by atoms with Crippen LogP contribution >= 0.6 is 0 Å². The van der Waals surface area contributed by atoms with Crippen molar-refractivity contribution in [1.82, 2.24) is 5.32 Å². The molecule has 0 saturated heterocycles. The Hall–Kier alpha value is -1.84. The minimum absolute atomic E-state index is 0.0392. The van der Waals surface area contributed by atoms with Gasteiger partial charge in [0.15, 0.2) is 0 Å². The zero-order valence-electron chi connectivity index (χ0n) is 14.0. The van der Waals surface area contributed by atoms with Crippen molar-refractivity contribution in [1.29, 1.82) is 0 Å². The maximum Gasteiger partial charge on any atom is 0.326 e. The van der Waals surface area contributed by atoms with E-state index in [-0.39, 0.29) is 11.8 Å². The predicted octanol–water partition coefficient (Wildman–Crippen LogP) is 3.26. The molecular weight excluding hydrogens is 290 g/mol. The molecule has 126 valence electrons. The van der Waals surface area contributed by atoms with Gasteiger partial charge < -0.3 is 10.4 Å². The Kier molecular flexibility index (Phi) is 6.20. The van der Waals surface area contributed by atoms with E-state index in [9.17, 15) is 14.7 Å². The van der Waals surface area contributed by atoms with Crippen LogP contribution in [0.5, 0.6) is 0 Å². The second kappa shape index (κ2) is 8.14. The highest BCUT2D eigenvalue weighted by Crippen LogP contribution is 2.33. The molecule has 0 spiro atoms. The van der Waals surface area contributed by atoms with Crippen LogP contribution in [0, 0.1) is 17.8 Å². The molecule has 1 aromatic rings. The number of carbonyl (C=O) groups excluding carboxylic acids is 1. The first-order chi connectivity index (χ1) is 11.0. The maximum absolute atomic E-state index is 12.4. The van der Waals surface area contributed by atoms with Gasteiger partial charge in [0.25, 0.3) is 0 Å². The van der Waals surface area contributed by atoms with Crippen molar-refractivity contribution in [2.75, 3.05) is 0 Å². The molecule has 0 radical (unpaired) electrons. The van der Waals surface area contributed by atoms with Crippen LogP contribution in [0.3, 0.4) is 0 Å². The van der Waals surface area contributed by atoms with Crippen LogP contribution < -0.4 is 5.32 Å². The molecular formula is C19H27NO3. The predicted molar refractivity (Wildman–Crippen MR) is 90.0 cm³/mol. The first-order valence-corrected chi connectivity index (χ1v) is 8.54. The van der Waals surface area contributed by atoms with E-state index in [0.717, 1.165) is 31.2 Å². The third-order valence-corrected chi connectivity index (χ3v) is 4.98. The molecule has 1 atom stereocenters. The van der Waals surface area contributed by atoms with Crippen LogP contribution in [0.2, 0.25) is 0 Å². The molecule has 1 aromatic carbocycles. The quantitative estimate of drug-likeness (QED) is 0.846. The van der Waals surface area contributed by atoms with E-state index in [1.165, 1.54) is 0 Å². The molecule has 1 aliphatic carbocycles. The lowest BCUT2D eigenvalue weighted by Gasteiger charge is -2.30. The van der Waals surface area contributed by atoms with Gasteiger partial charge in [-0.25, -0.2) is 4.79 Å². The number of carbonyl (C=O) groups is 2. The summed E-state index contributed by atoms with van der Waals surface area (Å²) in [4.78, 5) is 23.9. The van der Waals surface area contributed by atoms with Gasteiger partial charge in [-0.05, 0) is 43.1 Å². The van der Waals surface area contributed by atoms with Crippen molar-refractivity contribution >= 4 is 11.9 Å². The fourth-order valence-corrected chi connectivity index (χ4v) is 3.39. The number of nitrogens with one attached hydrogen (secondary N) is 1. The van der Waals surface area contributed by atoms with Gasteiger partial charge in [0.05, 0.1) is 0 Å². The Labute approximate surface area is 138 Å². The number of benzene rings is 1. The minimum Gasteiger partial charge on any atom is -0.480 e. The van der Waals surface area contributed by atoms with Crippen molar-refractivity contribution < 1.29 is 14.7 Å². The van der Waals surface area contributed by atoms with Crippen molar-refractivity contribution in [2.24, 2.45) is 17.8 Å². The van der Waals surface area contributed by atoms with E-state index in [4.69, 9.17) is 0 Å². The second-order valence-corrected chi connectivity index (χ2v) is 6.94. The van der Waals surface area contributed by atoms with Gasteiger partial charge in [-0.15, -0.1) is 0 Å². The summed E-state index contributed by atoms with van der Waals surface area (Å²) in [5.74, 6) is 0.235. The van der Waals surface area contributed by atoms with E-state index in [1.54, 1.807) is 0 Å². The first kappa shape index (κ1) is 17.5. The van der Waals surface area contributed by atoms with Crippen molar-refractivity contribution in [3.63, 3.8) is 0 Å². The van der Waals surface area contributed by atoms with E-state index in [0.29, 0.717) is 18.3 Å². The number of hydrogen-bond donors (Lipinski definition) is 2. The molecule has 0 aromatic heterocycles. The topological polar surface area (TPSA) is 66.4 Å². The van der Waals surface area contributed by atoms with E-state index in [2.05, 4.69) is 19.2 Å². The van der Waals surface area contributed by atoms with Crippen LogP contribution in [0.25, 0.3) is 0 Å². The summed E-state index contributed by atoms with van der Waals surface area (Å²) in [6.45, 7) is 4.46. The molecule has 1 aliphatic rings. The van der Waals surface area contributed by atoms with Crippen LogP contribution in [0.15, 0.2) is 30.3 Å². The fraction of sp³-hybridized carbons (Fsp3) is 0.579. The zero-order chi connectivity index (χ0) is 16.8. The molecule has 0 bridgehead atoms. The van der Waals surface area contributed by atoms with Gasteiger partial charge in [0.2, 0.25) is 5.91 Å². The summed E-state index contributed by atoms with van der Waals surface area (Å²) in [5.41, 5.74) is 0.920. The molecule has 2 rings (SSSR count). The van der Waals surface area contributed by atoms with Crippen LogP contribution in [0.4, 0.5) is 0 Å². The molecule has 0 aliphatic heterocycles. The number of carboxylic acids is 1. The maximum atomic E-state index is 12.4. The molecule has 0 heterocycles. The lowest BCUT2D eigenvalue weighted by Crippen LogP contribution is -2.45. The Bertz CT molecular complexity index is 519. The van der Waals surface area contributed by atoms with Gasteiger partial charge >= 0.3 is 5.97 Å². The van der Waals surface area contributed by atoms with E-state index < -0.39 is 12.0 Å². The van der Waals surface area contributed by atoms with Crippen molar-refractivity contribution in [3.05, 3.63) is 35.9 Å². The number of carboxylic acid groups (broad SMARTS) is 1. The average molecular weight is 317 g/mol. The smallest absolute Gasteiger partial charge is 0.326 e. The minimum atomic E-state index is -0.974. The number of hydrogen-bond acceptors (Lipinski definition) is 2. The lowest BCUT2D eigenvalue weighted by atomic mass is 9.76. The molecule has 2 N–H and O–H groups in total. The Morgan fingerprint density at radius 1 is 1.13 bits per heavy atom. The summed E-state index contributed by atoms with van der Waals surface area (Å²) in [6.07, 6.45) is 4.18. The van der Waals surface area contributed by atoms with E-state index >= 15 is 0 Å². The molecule has 4 nitrogen and oxygen atoms in total. The highest BCUT2D eigenvalue weighted by molar-refractivity contribution is 5.85. The molecule has 1 fully saturated rings. The van der Waals surface area contributed by atoms with Gasteiger partial charge in [-0.2, -0.15) is 0 Å². The summed E-state index contributed by atoms with van der Waals surface area (Å²) in [6, 6.07) is 8.57. The molecule has 23 heavy (non-hydrogen) atoms. The average Bonchev–Trinajstić information content (AvgIpc) is 2.55. The Morgan fingerprint density at radius 3 is 2.26 bits per heavy atom. The summed E-state index contributed by atoms with van der Waals surface area (Å²) < 4.78 is 0. The fourth-order valence-electron chi connectivity index (χ4n) is 3.39. The third kappa shape index (κ3) is 5.08. The normalized spacial score (nSPS) is 22.6. The number of rotatable bonds is 6. The molecule has 1 saturated carbocycles. The highest BCUT2D eigenvalue weighted by Gasteiger charge is 2.30. The molecule has 4 heteroatoms. The van der Waals surface area contributed by atoms with Crippen molar-refractivity contribution in [3.8, 4) is 0 Å². The largest absolute Gasteiger partial charge is 0.480 e.